The molecule has 0 unspecified atom stereocenters. The molecular formula is C15H15ClFNO. The fourth-order valence-corrected chi connectivity index (χ4v) is 2.02. The second kappa shape index (κ2) is 6.04. The van der Waals surface area contributed by atoms with Gasteiger partial charge >= 0.3 is 0 Å². The Morgan fingerprint density at radius 2 is 1.95 bits per heavy atom. The molecule has 0 atom stereocenters. The van der Waals surface area contributed by atoms with Crippen molar-refractivity contribution in [3.05, 3.63) is 63.9 Å². The SMILES string of the molecule is Cc1cc(F)ccc1COc1ccc(Cl)cc1CN. The van der Waals surface area contributed by atoms with Gasteiger partial charge in [-0.25, -0.2) is 4.39 Å². The lowest BCUT2D eigenvalue weighted by Crippen LogP contribution is -2.03. The summed E-state index contributed by atoms with van der Waals surface area (Å²) in [6.07, 6.45) is 0. The van der Waals surface area contributed by atoms with Gasteiger partial charge < -0.3 is 10.5 Å². The topological polar surface area (TPSA) is 35.2 Å². The van der Waals surface area contributed by atoms with Crippen LogP contribution < -0.4 is 10.5 Å². The van der Waals surface area contributed by atoms with Crippen molar-refractivity contribution < 1.29 is 9.13 Å². The third kappa shape index (κ3) is 3.46. The number of benzene rings is 2. The van der Waals surface area contributed by atoms with E-state index in [0.29, 0.717) is 23.9 Å². The molecule has 0 bridgehead atoms. The number of rotatable bonds is 4. The number of hydrogen-bond donors (Lipinski definition) is 1. The zero-order chi connectivity index (χ0) is 13.8. The first-order chi connectivity index (χ1) is 9.10. The predicted molar refractivity (Wildman–Crippen MR) is 74.8 cm³/mol. The van der Waals surface area contributed by atoms with Gasteiger partial charge in [0.2, 0.25) is 0 Å². The smallest absolute Gasteiger partial charge is 0.124 e. The van der Waals surface area contributed by atoms with Crippen LogP contribution in [0.15, 0.2) is 36.4 Å². The van der Waals surface area contributed by atoms with Crippen LogP contribution in [0.4, 0.5) is 4.39 Å². The van der Waals surface area contributed by atoms with E-state index in [4.69, 9.17) is 22.1 Å². The standard InChI is InChI=1S/C15H15ClFNO/c1-10-6-14(17)4-2-11(10)9-19-15-5-3-13(16)7-12(15)8-18/h2-7H,8-9,18H2,1H3. The van der Waals surface area contributed by atoms with Crippen LogP contribution in [0, 0.1) is 12.7 Å². The zero-order valence-corrected chi connectivity index (χ0v) is 11.4. The normalized spacial score (nSPS) is 10.5. The largest absolute Gasteiger partial charge is 0.489 e. The van der Waals surface area contributed by atoms with E-state index < -0.39 is 0 Å². The van der Waals surface area contributed by atoms with Crippen molar-refractivity contribution in [2.45, 2.75) is 20.1 Å². The van der Waals surface area contributed by atoms with Crippen LogP contribution >= 0.6 is 11.6 Å². The fourth-order valence-electron chi connectivity index (χ4n) is 1.83. The lowest BCUT2D eigenvalue weighted by molar-refractivity contribution is 0.302. The van der Waals surface area contributed by atoms with Gasteiger partial charge in [0.05, 0.1) is 0 Å². The molecule has 19 heavy (non-hydrogen) atoms. The van der Waals surface area contributed by atoms with Gasteiger partial charge in [-0.15, -0.1) is 0 Å². The predicted octanol–water partition coefficient (Wildman–Crippen LogP) is 3.83. The summed E-state index contributed by atoms with van der Waals surface area (Å²) in [5, 5.41) is 0.630. The fraction of sp³-hybridized carbons (Fsp3) is 0.200. The highest BCUT2D eigenvalue weighted by Crippen LogP contribution is 2.24. The summed E-state index contributed by atoms with van der Waals surface area (Å²) in [5.74, 6) is 0.464. The summed E-state index contributed by atoms with van der Waals surface area (Å²) in [6, 6.07) is 9.98. The average Bonchev–Trinajstić information content (AvgIpc) is 2.39. The van der Waals surface area contributed by atoms with Gasteiger partial charge in [0, 0.05) is 17.1 Å². The van der Waals surface area contributed by atoms with E-state index in [2.05, 4.69) is 0 Å². The number of ether oxygens (including phenoxy) is 1. The van der Waals surface area contributed by atoms with Crippen molar-refractivity contribution in [2.75, 3.05) is 0 Å². The Hall–Kier alpha value is -1.58. The minimum absolute atomic E-state index is 0.240. The van der Waals surface area contributed by atoms with Crippen molar-refractivity contribution in [1.29, 1.82) is 0 Å². The van der Waals surface area contributed by atoms with Gasteiger partial charge in [0.1, 0.15) is 18.2 Å². The van der Waals surface area contributed by atoms with Crippen molar-refractivity contribution >= 4 is 11.6 Å². The van der Waals surface area contributed by atoms with Crippen LogP contribution in [0.5, 0.6) is 5.75 Å². The van der Waals surface area contributed by atoms with Crippen LogP contribution in [0.25, 0.3) is 0 Å². The lowest BCUT2D eigenvalue weighted by atomic mass is 10.1. The minimum atomic E-state index is -0.240. The molecule has 0 spiro atoms. The van der Waals surface area contributed by atoms with Crippen molar-refractivity contribution in [1.82, 2.24) is 0 Å². The van der Waals surface area contributed by atoms with E-state index in [-0.39, 0.29) is 5.82 Å². The quantitative estimate of drug-likeness (QED) is 0.923. The Bertz CT molecular complexity index is 586. The average molecular weight is 280 g/mol. The molecule has 0 fully saturated rings. The third-order valence-corrected chi connectivity index (χ3v) is 3.17. The summed E-state index contributed by atoms with van der Waals surface area (Å²) in [6.45, 7) is 2.59. The van der Waals surface area contributed by atoms with E-state index in [0.717, 1.165) is 16.7 Å². The molecule has 0 saturated heterocycles. The van der Waals surface area contributed by atoms with E-state index in [1.165, 1.54) is 12.1 Å². The maximum atomic E-state index is 13.0. The van der Waals surface area contributed by atoms with Crippen LogP contribution in [-0.2, 0) is 13.2 Å². The summed E-state index contributed by atoms with van der Waals surface area (Å²) >= 11 is 5.90. The van der Waals surface area contributed by atoms with Crippen molar-refractivity contribution in [2.24, 2.45) is 5.73 Å². The number of hydrogen-bond acceptors (Lipinski definition) is 2. The summed E-state index contributed by atoms with van der Waals surface area (Å²) in [5.41, 5.74) is 8.31. The first-order valence-electron chi connectivity index (χ1n) is 5.96. The van der Waals surface area contributed by atoms with Gasteiger partial charge in [0.25, 0.3) is 0 Å². The molecule has 2 N–H and O–H groups in total. The van der Waals surface area contributed by atoms with Crippen molar-refractivity contribution in [3.63, 3.8) is 0 Å². The highest BCUT2D eigenvalue weighted by atomic mass is 35.5. The maximum Gasteiger partial charge on any atom is 0.124 e. The number of halogens is 2. The molecule has 2 rings (SSSR count). The summed E-state index contributed by atoms with van der Waals surface area (Å²) in [4.78, 5) is 0. The molecule has 4 heteroatoms. The Morgan fingerprint density at radius 3 is 2.63 bits per heavy atom. The molecule has 2 aromatic carbocycles. The van der Waals surface area contributed by atoms with Crippen LogP contribution in [0.1, 0.15) is 16.7 Å². The van der Waals surface area contributed by atoms with Crippen LogP contribution in [-0.4, -0.2) is 0 Å². The molecule has 0 aliphatic heterocycles. The van der Waals surface area contributed by atoms with E-state index in [1.54, 1.807) is 24.3 Å². The third-order valence-electron chi connectivity index (χ3n) is 2.93. The summed E-state index contributed by atoms with van der Waals surface area (Å²) in [7, 11) is 0. The lowest BCUT2D eigenvalue weighted by Gasteiger charge is -2.12. The molecule has 0 aliphatic rings. The molecule has 0 heterocycles. The molecule has 100 valence electrons. The first-order valence-corrected chi connectivity index (χ1v) is 6.34. The highest BCUT2D eigenvalue weighted by Gasteiger charge is 2.05. The van der Waals surface area contributed by atoms with Crippen molar-refractivity contribution in [3.8, 4) is 5.75 Å². The van der Waals surface area contributed by atoms with E-state index >= 15 is 0 Å². The maximum absolute atomic E-state index is 13.0. The van der Waals surface area contributed by atoms with E-state index in [9.17, 15) is 4.39 Å². The van der Waals surface area contributed by atoms with E-state index in [1.807, 2.05) is 6.92 Å². The molecular weight excluding hydrogens is 265 g/mol. The molecule has 0 aliphatic carbocycles. The molecule has 2 aromatic rings. The minimum Gasteiger partial charge on any atom is -0.489 e. The Morgan fingerprint density at radius 1 is 1.16 bits per heavy atom. The molecule has 2 nitrogen and oxygen atoms in total. The van der Waals surface area contributed by atoms with Gasteiger partial charge in [-0.2, -0.15) is 0 Å². The molecule has 0 aromatic heterocycles. The second-order valence-electron chi connectivity index (χ2n) is 4.32. The second-order valence-corrected chi connectivity index (χ2v) is 4.75. The van der Waals surface area contributed by atoms with Gasteiger partial charge in [-0.1, -0.05) is 17.7 Å². The van der Waals surface area contributed by atoms with Gasteiger partial charge in [-0.05, 0) is 48.4 Å². The first kappa shape index (κ1) is 13.8. The Labute approximate surface area is 117 Å². The van der Waals surface area contributed by atoms with Gasteiger partial charge in [-0.3, -0.25) is 0 Å². The van der Waals surface area contributed by atoms with Crippen LogP contribution in [0.2, 0.25) is 5.02 Å². The Balaban J connectivity index is 2.14. The zero-order valence-electron chi connectivity index (χ0n) is 10.6. The Kier molecular flexibility index (Phi) is 4.40. The molecule has 0 radical (unpaired) electrons. The number of aryl methyl sites for hydroxylation is 1. The summed E-state index contributed by atoms with van der Waals surface area (Å²) < 4.78 is 18.7. The monoisotopic (exact) mass is 279 g/mol. The molecule has 0 amide bonds. The number of nitrogens with two attached hydrogens (primary N) is 1. The van der Waals surface area contributed by atoms with Crippen LogP contribution in [0.3, 0.4) is 0 Å². The van der Waals surface area contributed by atoms with Gasteiger partial charge in [0.15, 0.2) is 0 Å². The highest BCUT2D eigenvalue weighted by molar-refractivity contribution is 6.30. The molecule has 0 saturated carbocycles.